The molecule has 0 amide bonds. The van der Waals surface area contributed by atoms with Crippen molar-refractivity contribution in [3.63, 3.8) is 0 Å². The van der Waals surface area contributed by atoms with Crippen molar-refractivity contribution in [2.45, 2.75) is 6.92 Å². The summed E-state index contributed by atoms with van der Waals surface area (Å²) in [7, 11) is 0. The predicted octanol–water partition coefficient (Wildman–Crippen LogP) is 1.93. The Hall–Kier alpha value is -1.62. The number of rotatable bonds is 1. The Bertz CT molecular complexity index is 308. The first-order valence-electron chi connectivity index (χ1n) is 3.31. The van der Waals surface area contributed by atoms with Gasteiger partial charge in [-0.3, -0.25) is 4.98 Å². The molecule has 0 saturated carbocycles. The van der Waals surface area contributed by atoms with Crippen molar-refractivity contribution in [2.24, 2.45) is 0 Å². The fourth-order valence-corrected chi connectivity index (χ4v) is 0.778. The molecule has 1 aromatic heterocycles. The normalized spacial score (nSPS) is 9.82. The lowest BCUT2D eigenvalue weighted by atomic mass is 10.1. The molecule has 1 aromatic rings. The average Bonchev–Trinajstić information content (AvgIpc) is 2.03. The average molecular weight is 144 g/mol. The molecule has 2 nitrogen and oxygen atoms in total. The number of pyridine rings is 1. The van der Waals surface area contributed by atoms with Crippen molar-refractivity contribution in [1.29, 1.82) is 5.26 Å². The monoisotopic (exact) mass is 144 g/mol. The maximum Gasteiger partial charge on any atom is 0.0912 e. The molecular weight excluding hydrogens is 136 g/mol. The van der Waals surface area contributed by atoms with Crippen LogP contribution in [0.25, 0.3) is 6.08 Å². The molecule has 54 valence electrons. The van der Waals surface area contributed by atoms with Gasteiger partial charge in [0.05, 0.1) is 6.07 Å². The highest BCUT2D eigenvalue weighted by molar-refractivity contribution is 5.53. The fraction of sp³-hybridized carbons (Fsp3) is 0.111. The minimum Gasteiger partial charge on any atom is -0.264 e. The van der Waals surface area contributed by atoms with Crippen LogP contribution in [-0.2, 0) is 0 Å². The van der Waals surface area contributed by atoms with Crippen LogP contribution in [0.1, 0.15) is 11.1 Å². The second-order valence-corrected chi connectivity index (χ2v) is 2.19. The quantitative estimate of drug-likeness (QED) is 0.564. The minimum absolute atomic E-state index is 0.994. The maximum absolute atomic E-state index is 8.26. The number of allylic oxidation sites excluding steroid dienone is 1. The van der Waals surface area contributed by atoms with Crippen LogP contribution < -0.4 is 0 Å². The highest BCUT2D eigenvalue weighted by Gasteiger charge is 1.89. The van der Waals surface area contributed by atoms with Gasteiger partial charge < -0.3 is 0 Å². The van der Waals surface area contributed by atoms with Gasteiger partial charge in [-0.15, -0.1) is 0 Å². The van der Waals surface area contributed by atoms with E-state index in [-0.39, 0.29) is 0 Å². The molecule has 1 heterocycles. The molecule has 0 radical (unpaired) electrons. The van der Waals surface area contributed by atoms with E-state index in [0.717, 1.165) is 11.1 Å². The predicted molar refractivity (Wildman–Crippen MR) is 43.6 cm³/mol. The van der Waals surface area contributed by atoms with Crippen LogP contribution in [-0.4, -0.2) is 4.98 Å². The molecule has 0 aliphatic heterocycles. The largest absolute Gasteiger partial charge is 0.264 e. The zero-order valence-corrected chi connectivity index (χ0v) is 6.28. The Labute approximate surface area is 65.8 Å². The second kappa shape index (κ2) is 3.52. The van der Waals surface area contributed by atoms with Gasteiger partial charge in [0.1, 0.15) is 0 Å². The third-order valence-electron chi connectivity index (χ3n) is 1.42. The first-order chi connectivity index (χ1) is 5.34. The Morgan fingerprint density at radius 3 is 3.09 bits per heavy atom. The molecule has 2 heteroatoms. The van der Waals surface area contributed by atoms with Crippen LogP contribution in [0.5, 0.6) is 0 Å². The van der Waals surface area contributed by atoms with E-state index in [9.17, 15) is 0 Å². The summed E-state index contributed by atoms with van der Waals surface area (Å²) in [4.78, 5) is 3.94. The number of nitrogens with zero attached hydrogens (tertiary/aromatic N) is 2. The van der Waals surface area contributed by atoms with E-state index >= 15 is 0 Å². The van der Waals surface area contributed by atoms with Crippen molar-refractivity contribution < 1.29 is 0 Å². The lowest BCUT2D eigenvalue weighted by Crippen LogP contribution is -1.80. The first-order valence-corrected chi connectivity index (χ1v) is 3.31. The third-order valence-corrected chi connectivity index (χ3v) is 1.42. The SMILES string of the molecule is Cc1ccncc1/C=C/C#N. The molecule has 0 saturated heterocycles. The summed E-state index contributed by atoms with van der Waals surface area (Å²) in [6.07, 6.45) is 6.68. The molecule has 0 fully saturated rings. The minimum atomic E-state index is 0.994. The van der Waals surface area contributed by atoms with Crippen LogP contribution in [0.4, 0.5) is 0 Å². The van der Waals surface area contributed by atoms with Gasteiger partial charge in [0.15, 0.2) is 0 Å². The third kappa shape index (κ3) is 1.91. The Kier molecular flexibility index (Phi) is 2.40. The molecule has 0 bridgehead atoms. The van der Waals surface area contributed by atoms with Crippen molar-refractivity contribution >= 4 is 6.08 Å². The molecular formula is C9H8N2. The van der Waals surface area contributed by atoms with E-state index in [4.69, 9.17) is 5.26 Å². The zero-order valence-electron chi connectivity index (χ0n) is 6.28. The van der Waals surface area contributed by atoms with E-state index in [1.165, 1.54) is 6.08 Å². The summed E-state index contributed by atoms with van der Waals surface area (Å²) in [6, 6.07) is 3.85. The highest BCUT2D eigenvalue weighted by Crippen LogP contribution is 2.05. The zero-order chi connectivity index (χ0) is 8.10. The number of aromatic nitrogens is 1. The smallest absolute Gasteiger partial charge is 0.0912 e. The Balaban J connectivity index is 2.97. The molecule has 0 spiro atoms. The summed E-state index contributed by atoms with van der Waals surface area (Å²) >= 11 is 0. The summed E-state index contributed by atoms with van der Waals surface area (Å²) in [5.74, 6) is 0. The number of hydrogen-bond acceptors (Lipinski definition) is 2. The summed E-state index contributed by atoms with van der Waals surface area (Å²) in [5.41, 5.74) is 2.13. The molecule has 1 rings (SSSR count). The van der Waals surface area contributed by atoms with Gasteiger partial charge in [0.25, 0.3) is 0 Å². The molecule has 11 heavy (non-hydrogen) atoms. The van der Waals surface area contributed by atoms with E-state index < -0.39 is 0 Å². The van der Waals surface area contributed by atoms with Crippen molar-refractivity contribution in [3.8, 4) is 6.07 Å². The van der Waals surface area contributed by atoms with Gasteiger partial charge in [-0.05, 0) is 30.2 Å². The van der Waals surface area contributed by atoms with E-state index in [2.05, 4.69) is 4.98 Å². The molecule has 0 aliphatic carbocycles. The summed E-state index contributed by atoms with van der Waals surface area (Å²) < 4.78 is 0. The van der Waals surface area contributed by atoms with Gasteiger partial charge in [0.2, 0.25) is 0 Å². The van der Waals surface area contributed by atoms with Crippen LogP contribution >= 0.6 is 0 Å². The lowest BCUT2D eigenvalue weighted by Gasteiger charge is -1.94. The highest BCUT2D eigenvalue weighted by atomic mass is 14.6. The van der Waals surface area contributed by atoms with Gasteiger partial charge >= 0.3 is 0 Å². The maximum atomic E-state index is 8.26. The lowest BCUT2D eigenvalue weighted by molar-refractivity contribution is 1.27. The van der Waals surface area contributed by atoms with Gasteiger partial charge in [-0.1, -0.05) is 0 Å². The summed E-state index contributed by atoms with van der Waals surface area (Å²) in [6.45, 7) is 1.98. The number of nitriles is 1. The molecule has 0 unspecified atom stereocenters. The molecule has 0 aliphatic rings. The van der Waals surface area contributed by atoms with Crippen LogP contribution in [0.15, 0.2) is 24.5 Å². The summed E-state index contributed by atoms with van der Waals surface area (Å²) in [5, 5.41) is 8.26. The van der Waals surface area contributed by atoms with Gasteiger partial charge in [-0.25, -0.2) is 0 Å². The molecule has 0 N–H and O–H groups in total. The van der Waals surface area contributed by atoms with Crippen LogP contribution in [0.2, 0.25) is 0 Å². The topological polar surface area (TPSA) is 36.7 Å². The van der Waals surface area contributed by atoms with Crippen LogP contribution in [0.3, 0.4) is 0 Å². The first kappa shape index (κ1) is 7.49. The molecule has 0 aromatic carbocycles. The van der Waals surface area contributed by atoms with E-state index in [1.807, 2.05) is 19.1 Å². The van der Waals surface area contributed by atoms with Crippen molar-refractivity contribution in [3.05, 3.63) is 35.7 Å². The standard InChI is InChI=1S/C9H8N2/c1-8-4-6-11-7-9(8)3-2-5-10/h2-4,6-7H,1H3/b3-2+. The van der Waals surface area contributed by atoms with Gasteiger partial charge in [-0.2, -0.15) is 5.26 Å². The fourth-order valence-electron chi connectivity index (χ4n) is 0.778. The number of aryl methyl sites for hydroxylation is 1. The number of hydrogen-bond donors (Lipinski definition) is 0. The van der Waals surface area contributed by atoms with E-state index in [0.29, 0.717) is 0 Å². The van der Waals surface area contributed by atoms with E-state index in [1.54, 1.807) is 18.5 Å². The van der Waals surface area contributed by atoms with Crippen molar-refractivity contribution in [1.82, 2.24) is 4.98 Å². The Morgan fingerprint density at radius 1 is 1.64 bits per heavy atom. The van der Waals surface area contributed by atoms with Crippen LogP contribution in [0, 0.1) is 18.3 Å². The van der Waals surface area contributed by atoms with Gasteiger partial charge in [0, 0.05) is 18.5 Å². The van der Waals surface area contributed by atoms with Crippen molar-refractivity contribution in [2.75, 3.05) is 0 Å². The second-order valence-electron chi connectivity index (χ2n) is 2.19. The Morgan fingerprint density at radius 2 is 2.45 bits per heavy atom. The molecule has 0 atom stereocenters.